The molecule has 1 heteroatoms. The van der Waals surface area contributed by atoms with E-state index in [9.17, 15) is 0 Å². The minimum Gasteiger partial charge on any atom is -0.265 e. The summed E-state index contributed by atoms with van der Waals surface area (Å²) < 4.78 is 0. The third kappa shape index (κ3) is 1.12. The number of allylic oxidation sites excluding steroid dienone is 4. The van der Waals surface area contributed by atoms with E-state index in [1.165, 1.54) is 17.6 Å². The molecule has 1 aromatic rings. The molecule has 1 nitrogen and oxygen atoms in total. The molecule has 0 aromatic carbocycles. The quantitative estimate of drug-likeness (QED) is 0.629. The SMILES string of the molecule is C1=CC2CC2C(c2ccncc2)=C1. The predicted octanol–water partition coefficient (Wildman–Crippen LogP) is 2.67. The third-order valence-electron chi connectivity index (χ3n) is 2.89. The first-order chi connectivity index (χ1) is 6.45. The van der Waals surface area contributed by atoms with Crippen LogP contribution in [0.2, 0.25) is 0 Å². The van der Waals surface area contributed by atoms with Gasteiger partial charge in [0.15, 0.2) is 0 Å². The average molecular weight is 169 g/mol. The summed E-state index contributed by atoms with van der Waals surface area (Å²) in [5.41, 5.74) is 2.83. The lowest BCUT2D eigenvalue weighted by atomic mass is 9.98. The lowest BCUT2D eigenvalue weighted by Gasteiger charge is -2.07. The summed E-state index contributed by atoms with van der Waals surface area (Å²) >= 11 is 0. The topological polar surface area (TPSA) is 12.9 Å². The monoisotopic (exact) mass is 169 g/mol. The molecule has 0 saturated heterocycles. The average Bonchev–Trinajstić information content (AvgIpc) is 2.97. The van der Waals surface area contributed by atoms with Gasteiger partial charge in [0.2, 0.25) is 0 Å². The van der Waals surface area contributed by atoms with E-state index >= 15 is 0 Å². The number of aromatic nitrogens is 1. The molecule has 0 radical (unpaired) electrons. The molecule has 1 heterocycles. The molecule has 3 rings (SSSR count). The Morgan fingerprint density at radius 1 is 1.23 bits per heavy atom. The van der Waals surface area contributed by atoms with Gasteiger partial charge in [-0.15, -0.1) is 0 Å². The van der Waals surface area contributed by atoms with Crippen LogP contribution in [0.15, 0.2) is 42.8 Å². The Kier molecular flexibility index (Phi) is 1.39. The standard InChI is InChI=1S/C12H11N/c1-2-10-8-12(10)11(3-1)9-4-6-13-7-5-9/h1-7,10,12H,8H2. The van der Waals surface area contributed by atoms with Crippen LogP contribution in [-0.2, 0) is 0 Å². The zero-order valence-electron chi connectivity index (χ0n) is 7.35. The molecule has 0 aliphatic heterocycles. The molecule has 2 aliphatic rings. The second-order valence-electron chi connectivity index (χ2n) is 3.75. The van der Waals surface area contributed by atoms with Gasteiger partial charge in [0.1, 0.15) is 0 Å². The zero-order chi connectivity index (χ0) is 8.67. The fourth-order valence-electron chi connectivity index (χ4n) is 2.07. The lowest BCUT2D eigenvalue weighted by molar-refractivity contribution is 0.998. The van der Waals surface area contributed by atoms with Gasteiger partial charge in [-0.3, -0.25) is 4.98 Å². The number of hydrogen-bond donors (Lipinski definition) is 0. The maximum atomic E-state index is 4.03. The van der Waals surface area contributed by atoms with E-state index in [0.29, 0.717) is 0 Å². The van der Waals surface area contributed by atoms with Crippen molar-refractivity contribution in [3.05, 3.63) is 48.3 Å². The van der Waals surface area contributed by atoms with Crippen molar-refractivity contribution >= 4 is 5.57 Å². The highest BCUT2D eigenvalue weighted by molar-refractivity contribution is 5.72. The Balaban J connectivity index is 2.02. The highest BCUT2D eigenvalue weighted by Crippen LogP contribution is 2.50. The van der Waals surface area contributed by atoms with Crippen molar-refractivity contribution in [2.24, 2.45) is 11.8 Å². The van der Waals surface area contributed by atoms with E-state index in [-0.39, 0.29) is 0 Å². The molecule has 2 aliphatic carbocycles. The van der Waals surface area contributed by atoms with Gasteiger partial charge in [-0.05, 0) is 41.5 Å². The number of rotatable bonds is 1. The van der Waals surface area contributed by atoms with Crippen LogP contribution in [0.25, 0.3) is 5.57 Å². The number of nitrogens with zero attached hydrogens (tertiary/aromatic N) is 1. The number of hydrogen-bond acceptors (Lipinski definition) is 1. The van der Waals surface area contributed by atoms with Crippen molar-refractivity contribution in [2.75, 3.05) is 0 Å². The van der Waals surface area contributed by atoms with Gasteiger partial charge in [-0.25, -0.2) is 0 Å². The first kappa shape index (κ1) is 7.07. The Labute approximate surface area is 77.8 Å². The van der Waals surface area contributed by atoms with Crippen LogP contribution < -0.4 is 0 Å². The maximum absolute atomic E-state index is 4.03. The van der Waals surface area contributed by atoms with Gasteiger partial charge >= 0.3 is 0 Å². The third-order valence-corrected chi connectivity index (χ3v) is 2.89. The number of pyridine rings is 1. The van der Waals surface area contributed by atoms with Crippen molar-refractivity contribution in [1.29, 1.82) is 0 Å². The van der Waals surface area contributed by atoms with Crippen LogP contribution in [0, 0.1) is 11.8 Å². The molecule has 1 fully saturated rings. The van der Waals surface area contributed by atoms with Crippen LogP contribution in [0.1, 0.15) is 12.0 Å². The molecule has 1 saturated carbocycles. The predicted molar refractivity (Wildman–Crippen MR) is 53.0 cm³/mol. The molecule has 0 N–H and O–H groups in total. The van der Waals surface area contributed by atoms with Crippen molar-refractivity contribution in [2.45, 2.75) is 6.42 Å². The summed E-state index contributed by atoms with van der Waals surface area (Å²) in [6.07, 6.45) is 11.8. The fourth-order valence-corrected chi connectivity index (χ4v) is 2.07. The summed E-state index contributed by atoms with van der Waals surface area (Å²) in [6.45, 7) is 0. The van der Waals surface area contributed by atoms with Crippen LogP contribution in [-0.4, -0.2) is 4.98 Å². The Hall–Kier alpha value is -1.37. The Morgan fingerprint density at radius 3 is 2.92 bits per heavy atom. The van der Waals surface area contributed by atoms with E-state index in [1.54, 1.807) is 0 Å². The Morgan fingerprint density at radius 2 is 2.08 bits per heavy atom. The molecule has 13 heavy (non-hydrogen) atoms. The van der Waals surface area contributed by atoms with Crippen LogP contribution >= 0.6 is 0 Å². The number of fused-ring (bicyclic) bond motifs is 1. The summed E-state index contributed by atoms with van der Waals surface area (Å²) in [6, 6.07) is 4.20. The highest BCUT2D eigenvalue weighted by atomic mass is 14.6. The minimum absolute atomic E-state index is 0.799. The molecule has 2 unspecified atom stereocenters. The molecular formula is C12H11N. The molecule has 0 bridgehead atoms. The second kappa shape index (κ2) is 2.56. The first-order valence-electron chi connectivity index (χ1n) is 4.74. The van der Waals surface area contributed by atoms with Crippen molar-refractivity contribution in [1.82, 2.24) is 4.98 Å². The molecule has 1 aromatic heterocycles. The smallest absolute Gasteiger partial charge is 0.0273 e. The summed E-state index contributed by atoms with van der Waals surface area (Å²) in [5, 5.41) is 0. The van der Waals surface area contributed by atoms with Crippen molar-refractivity contribution in [3.8, 4) is 0 Å². The summed E-state index contributed by atoms with van der Waals surface area (Å²) in [7, 11) is 0. The molecule has 0 amide bonds. The molecule has 0 spiro atoms. The summed E-state index contributed by atoms with van der Waals surface area (Å²) in [5.74, 6) is 1.63. The molecule has 2 atom stereocenters. The van der Waals surface area contributed by atoms with Gasteiger partial charge in [-0.1, -0.05) is 18.2 Å². The van der Waals surface area contributed by atoms with Gasteiger partial charge in [0.25, 0.3) is 0 Å². The first-order valence-corrected chi connectivity index (χ1v) is 4.74. The van der Waals surface area contributed by atoms with E-state index in [0.717, 1.165) is 11.8 Å². The van der Waals surface area contributed by atoms with Crippen molar-refractivity contribution in [3.63, 3.8) is 0 Å². The summed E-state index contributed by atoms with van der Waals surface area (Å²) in [4.78, 5) is 4.03. The maximum Gasteiger partial charge on any atom is 0.0273 e. The van der Waals surface area contributed by atoms with Crippen LogP contribution in [0.5, 0.6) is 0 Å². The lowest BCUT2D eigenvalue weighted by Crippen LogP contribution is -1.91. The van der Waals surface area contributed by atoms with Gasteiger partial charge < -0.3 is 0 Å². The van der Waals surface area contributed by atoms with E-state index in [2.05, 4.69) is 35.3 Å². The van der Waals surface area contributed by atoms with Crippen LogP contribution in [0.4, 0.5) is 0 Å². The van der Waals surface area contributed by atoms with Crippen LogP contribution in [0.3, 0.4) is 0 Å². The zero-order valence-corrected chi connectivity index (χ0v) is 7.35. The molecule has 64 valence electrons. The Bertz CT molecular complexity index is 375. The van der Waals surface area contributed by atoms with Crippen molar-refractivity contribution < 1.29 is 0 Å². The normalized spacial score (nSPS) is 29.4. The largest absolute Gasteiger partial charge is 0.265 e. The van der Waals surface area contributed by atoms with Gasteiger partial charge in [-0.2, -0.15) is 0 Å². The second-order valence-corrected chi connectivity index (χ2v) is 3.75. The van der Waals surface area contributed by atoms with E-state index in [1.807, 2.05) is 12.4 Å². The molecular weight excluding hydrogens is 158 g/mol. The van der Waals surface area contributed by atoms with E-state index in [4.69, 9.17) is 0 Å². The van der Waals surface area contributed by atoms with E-state index < -0.39 is 0 Å². The highest BCUT2D eigenvalue weighted by Gasteiger charge is 2.39. The minimum atomic E-state index is 0.799. The van der Waals surface area contributed by atoms with Gasteiger partial charge in [0, 0.05) is 12.4 Å². The fraction of sp³-hybridized carbons (Fsp3) is 0.250. The van der Waals surface area contributed by atoms with Gasteiger partial charge in [0.05, 0.1) is 0 Å².